The third-order valence-corrected chi connectivity index (χ3v) is 5.30. The topological polar surface area (TPSA) is 72.2 Å². The second-order valence-corrected chi connectivity index (χ2v) is 7.62. The molecule has 7 heteroatoms. The van der Waals surface area contributed by atoms with Crippen molar-refractivity contribution in [3.05, 3.63) is 65.5 Å². The zero-order valence-corrected chi connectivity index (χ0v) is 16.1. The Hall–Kier alpha value is -3.06. The first-order valence-electron chi connectivity index (χ1n) is 8.72. The molecule has 0 aliphatic heterocycles. The summed E-state index contributed by atoms with van der Waals surface area (Å²) in [6.45, 7) is 6.13. The van der Waals surface area contributed by atoms with E-state index in [1.54, 1.807) is 4.52 Å². The fraction of sp³-hybridized carbons (Fsp3) is 0.200. The van der Waals surface area contributed by atoms with Gasteiger partial charge in [-0.15, -0.1) is 10.2 Å². The molecule has 2 aromatic heterocycles. The smallest absolute Gasteiger partial charge is 0.255 e. The second kappa shape index (κ2) is 6.92. The third-order valence-electron chi connectivity index (χ3n) is 4.35. The van der Waals surface area contributed by atoms with Crippen LogP contribution in [0.25, 0.3) is 15.5 Å². The highest BCUT2D eigenvalue weighted by Crippen LogP contribution is 2.27. The van der Waals surface area contributed by atoms with Crippen LogP contribution in [0.3, 0.4) is 0 Å². The minimum atomic E-state index is -0.128. The van der Waals surface area contributed by atoms with E-state index < -0.39 is 0 Å². The van der Waals surface area contributed by atoms with Crippen molar-refractivity contribution >= 4 is 27.9 Å². The number of aromatic nitrogens is 4. The van der Waals surface area contributed by atoms with E-state index in [-0.39, 0.29) is 5.91 Å². The predicted molar refractivity (Wildman–Crippen MR) is 107 cm³/mol. The number of rotatable bonds is 4. The van der Waals surface area contributed by atoms with Gasteiger partial charge in [0.05, 0.1) is 0 Å². The number of anilines is 1. The number of hydrogen-bond acceptors (Lipinski definition) is 5. The van der Waals surface area contributed by atoms with Crippen LogP contribution in [0, 0.1) is 6.92 Å². The van der Waals surface area contributed by atoms with E-state index in [9.17, 15) is 4.79 Å². The van der Waals surface area contributed by atoms with E-state index in [0.29, 0.717) is 11.5 Å². The molecule has 2 heterocycles. The van der Waals surface area contributed by atoms with Gasteiger partial charge in [0.1, 0.15) is 5.01 Å². The molecule has 0 unspecified atom stereocenters. The van der Waals surface area contributed by atoms with Gasteiger partial charge in [-0.3, -0.25) is 4.79 Å². The van der Waals surface area contributed by atoms with E-state index in [4.69, 9.17) is 0 Å². The van der Waals surface area contributed by atoms with Crippen molar-refractivity contribution in [3.63, 3.8) is 0 Å². The Balaban J connectivity index is 1.56. The van der Waals surface area contributed by atoms with E-state index in [0.717, 1.165) is 27.0 Å². The van der Waals surface area contributed by atoms with Crippen LogP contribution >= 0.6 is 11.3 Å². The van der Waals surface area contributed by atoms with Crippen molar-refractivity contribution < 1.29 is 4.79 Å². The van der Waals surface area contributed by atoms with Crippen LogP contribution < -0.4 is 5.32 Å². The van der Waals surface area contributed by atoms with Gasteiger partial charge in [0.25, 0.3) is 5.91 Å². The normalized spacial score (nSPS) is 11.3. The van der Waals surface area contributed by atoms with Gasteiger partial charge in [0, 0.05) is 16.8 Å². The van der Waals surface area contributed by atoms with Crippen LogP contribution in [0.5, 0.6) is 0 Å². The Bertz CT molecular complexity index is 1110. The fourth-order valence-electron chi connectivity index (χ4n) is 2.78. The van der Waals surface area contributed by atoms with Crippen LogP contribution in [0.2, 0.25) is 0 Å². The van der Waals surface area contributed by atoms with Crippen molar-refractivity contribution in [1.82, 2.24) is 19.8 Å². The minimum absolute atomic E-state index is 0.128. The molecule has 0 bridgehead atoms. The van der Waals surface area contributed by atoms with Gasteiger partial charge in [0.15, 0.2) is 5.82 Å². The molecule has 2 aromatic carbocycles. The molecule has 1 N–H and O–H groups in total. The molecule has 27 heavy (non-hydrogen) atoms. The zero-order chi connectivity index (χ0) is 19.0. The maximum Gasteiger partial charge on any atom is 0.255 e. The first-order valence-corrected chi connectivity index (χ1v) is 9.53. The Morgan fingerprint density at radius 3 is 2.59 bits per heavy atom. The van der Waals surface area contributed by atoms with Gasteiger partial charge in [0.2, 0.25) is 4.96 Å². The molecule has 0 saturated carbocycles. The van der Waals surface area contributed by atoms with Gasteiger partial charge in [-0.2, -0.15) is 9.61 Å². The SMILES string of the molecule is Cc1nnc2sc(-c3cccc(NC(=O)c4ccc(C(C)C)cc4)c3)nn12. The average molecular weight is 377 g/mol. The molecule has 0 aliphatic rings. The van der Waals surface area contributed by atoms with Crippen LogP contribution in [-0.4, -0.2) is 25.7 Å². The minimum Gasteiger partial charge on any atom is -0.322 e. The van der Waals surface area contributed by atoms with Crippen molar-refractivity contribution in [2.75, 3.05) is 5.32 Å². The number of carbonyl (C=O) groups excluding carboxylic acids is 1. The summed E-state index contributed by atoms with van der Waals surface area (Å²) in [5.74, 6) is 1.07. The Morgan fingerprint density at radius 1 is 1.11 bits per heavy atom. The Morgan fingerprint density at radius 2 is 1.89 bits per heavy atom. The summed E-state index contributed by atoms with van der Waals surface area (Å²) < 4.78 is 1.72. The average Bonchev–Trinajstić information content (AvgIpc) is 3.24. The standard InChI is InChI=1S/C20H19N5OS/c1-12(2)14-7-9-15(10-8-14)18(26)21-17-6-4-5-16(11-17)19-24-25-13(3)22-23-20(25)27-19/h4-12H,1-3H3,(H,21,26). The molecule has 0 radical (unpaired) electrons. The molecule has 0 atom stereocenters. The van der Waals surface area contributed by atoms with Crippen LogP contribution in [0.1, 0.15) is 41.5 Å². The predicted octanol–water partition coefficient (Wildman–Crippen LogP) is 4.54. The number of carbonyl (C=O) groups is 1. The summed E-state index contributed by atoms with van der Waals surface area (Å²) in [6, 6.07) is 15.4. The lowest BCUT2D eigenvalue weighted by atomic mass is 10.0. The Labute approximate surface area is 160 Å². The van der Waals surface area contributed by atoms with Crippen LogP contribution in [-0.2, 0) is 0 Å². The largest absolute Gasteiger partial charge is 0.322 e. The molecule has 4 rings (SSSR count). The van der Waals surface area contributed by atoms with Crippen molar-refractivity contribution in [3.8, 4) is 10.6 Å². The van der Waals surface area contributed by atoms with E-state index in [1.807, 2.05) is 55.5 Å². The van der Waals surface area contributed by atoms with Gasteiger partial charge < -0.3 is 5.32 Å². The molecule has 6 nitrogen and oxygen atoms in total. The first kappa shape index (κ1) is 17.4. The number of amides is 1. The summed E-state index contributed by atoms with van der Waals surface area (Å²) in [6.07, 6.45) is 0. The number of nitrogens with one attached hydrogen (secondary N) is 1. The van der Waals surface area contributed by atoms with Crippen molar-refractivity contribution in [2.45, 2.75) is 26.7 Å². The molecular formula is C20H19N5OS. The lowest BCUT2D eigenvalue weighted by Crippen LogP contribution is -2.11. The van der Waals surface area contributed by atoms with Crippen LogP contribution in [0.15, 0.2) is 48.5 Å². The van der Waals surface area contributed by atoms with E-state index in [2.05, 4.69) is 34.5 Å². The first-order chi connectivity index (χ1) is 13.0. The lowest BCUT2D eigenvalue weighted by Gasteiger charge is -2.08. The number of nitrogens with zero attached hydrogens (tertiary/aromatic N) is 4. The molecule has 0 spiro atoms. The van der Waals surface area contributed by atoms with Crippen molar-refractivity contribution in [2.24, 2.45) is 0 Å². The van der Waals surface area contributed by atoms with E-state index >= 15 is 0 Å². The second-order valence-electron chi connectivity index (χ2n) is 6.66. The molecule has 0 fully saturated rings. The summed E-state index contributed by atoms with van der Waals surface area (Å²) in [5, 5.41) is 16.4. The Kier molecular flexibility index (Phi) is 4.45. The summed E-state index contributed by atoms with van der Waals surface area (Å²) in [7, 11) is 0. The maximum atomic E-state index is 12.5. The highest BCUT2D eigenvalue weighted by molar-refractivity contribution is 7.19. The van der Waals surface area contributed by atoms with E-state index in [1.165, 1.54) is 16.9 Å². The van der Waals surface area contributed by atoms with Gasteiger partial charge >= 0.3 is 0 Å². The number of fused-ring (bicyclic) bond motifs is 1. The van der Waals surface area contributed by atoms with Gasteiger partial charge in [-0.05, 0) is 42.7 Å². The number of aryl methyl sites for hydroxylation is 1. The van der Waals surface area contributed by atoms with Gasteiger partial charge in [-0.25, -0.2) is 0 Å². The third kappa shape index (κ3) is 3.46. The lowest BCUT2D eigenvalue weighted by molar-refractivity contribution is 0.102. The quantitative estimate of drug-likeness (QED) is 0.567. The fourth-order valence-corrected chi connectivity index (χ4v) is 3.67. The highest BCUT2D eigenvalue weighted by Gasteiger charge is 2.12. The van der Waals surface area contributed by atoms with Gasteiger partial charge in [-0.1, -0.05) is 49.4 Å². The maximum absolute atomic E-state index is 12.5. The molecule has 4 aromatic rings. The number of benzene rings is 2. The van der Waals surface area contributed by atoms with Crippen LogP contribution in [0.4, 0.5) is 5.69 Å². The zero-order valence-electron chi connectivity index (χ0n) is 15.3. The molecule has 1 amide bonds. The molecule has 0 saturated heterocycles. The molecular weight excluding hydrogens is 358 g/mol. The highest BCUT2D eigenvalue weighted by atomic mass is 32.1. The summed E-state index contributed by atoms with van der Waals surface area (Å²) in [5.41, 5.74) is 3.51. The van der Waals surface area contributed by atoms with Crippen molar-refractivity contribution in [1.29, 1.82) is 0 Å². The summed E-state index contributed by atoms with van der Waals surface area (Å²) >= 11 is 1.46. The molecule has 0 aliphatic carbocycles. The number of hydrogen-bond donors (Lipinski definition) is 1. The monoisotopic (exact) mass is 377 g/mol. The molecule has 136 valence electrons. The summed E-state index contributed by atoms with van der Waals surface area (Å²) in [4.78, 5) is 13.3.